The number of nitrogens with zero attached hydrogens (tertiary/aromatic N) is 5. The van der Waals surface area contributed by atoms with E-state index in [1.807, 2.05) is 17.9 Å². The summed E-state index contributed by atoms with van der Waals surface area (Å²) in [4.78, 5) is 23.1. The average Bonchev–Trinajstić information content (AvgIpc) is 3.29. The highest BCUT2D eigenvalue weighted by Crippen LogP contribution is 2.33. The molecule has 2 saturated heterocycles. The second-order valence-corrected chi connectivity index (χ2v) is 8.67. The van der Waals surface area contributed by atoms with Gasteiger partial charge in [-0.3, -0.25) is 14.6 Å². The van der Waals surface area contributed by atoms with Gasteiger partial charge in [-0.05, 0) is 12.5 Å². The number of anilines is 1. The number of hydrogen-bond acceptors (Lipinski definition) is 8. The molecular formula is C21H21N5O2S2. The summed E-state index contributed by atoms with van der Waals surface area (Å²) in [5.41, 5.74) is 1.53. The third kappa shape index (κ3) is 4.26. The molecule has 0 atom stereocenters. The van der Waals surface area contributed by atoms with Gasteiger partial charge in [-0.25, -0.2) is 0 Å². The topological polar surface area (TPSA) is 76.6 Å². The van der Waals surface area contributed by atoms with Crippen LogP contribution in [0, 0.1) is 11.3 Å². The Labute approximate surface area is 184 Å². The van der Waals surface area contributed by atoms with E-state index < -0.39 is 0 Å². The molecule has 2 aliphatic rings. The summed E-state index contributed by atoms with van der Waals surface area (Å²) in [7, 11) is 0. The predicted octanol–water partition coefficient (Wildman–Crippen LogP) is 3.09. The third-order valence-corrected chi connectivity index (χ3v) is 6.46. The number of oxazole rings is 1. The average molecular weight is 440 g/mol. The molecule has 0 N–H and O–H groups in total. The molecule has 2 aliphatic heterocycles. The second-order valence-electron chi connectivity index (χ2n) is 6.99. The van der Waals surface area contributed by atoms with Crippen LogP contribution in [0.15, 0.2) is 39.7 Å². The lowest BCUT2D eigenvalue weighted by Crippen LogP contribution is -2.46. The van der Waals surface area contributed by atoms with E-state index >= 15 is 0 Å². The second kappa shape index (κ2) is 9.00. The van der Waals surface area contributed by atoms with Gasteiger partial charge in [-0.2, -0.15) is 10.2 Å². The molecule has 30 heavy (non-hydrogen) atoms. The zero-order valence-electron chi connectivity index (χ0n) is 16.6. The third-order valence-electron chi connectivity index (χ3n) is 5.08. The van der Waals surface area contributed by atoms with E-state index in [-0.39, 0.29) is 17.5 Å². The number of carbonyl (C=O) groups is 1. The predicted molar refractivity (Wildman–Crippen MR) is 121 cm³/mol. The van der Waals surface area contributed by atoms with Crippen LogP contribution in [0.25, 0.3) is 6.08 Å². The number of likely N-dealkylation sites (N-methyl/N-ethyl adjacent to an activating group) is 1. The Bertz CT molecular complexity index is 1020. The highest BCUT2D eigenvalue weighted by molar-refractivity contribution is 8.26. The SMILES string of the molecule is CCN1C(=O)/C(=C\c2nc(C#N)c(N3CCN(Cc4ccccc4)CC3)o2)SC1=S. The molecule has 154 valence electrons. The minimum atomic E-state index is -0.153. The number of thioether (sulfide) groups is 1. The lowest BCUT2D eigenvalue weighted by molar-refractivity contribution is -0.122. The van der Waals surface area contributed by atoms with Gasteiger partial charge >= 0.3 is 0 Å². The van der Waals surface area contributed by atoms with Crippen molar-refractivity contribution < 1.29 is 9.21 Å². The summed E-state index contributed by atoms with van der Waals surface area (Å²) >= 11 is 6.46. The van der Waals surface area contributed by atoms with Crippen LogP contribution in [0.4, 0.5) is 5.88 Å². The number of rotatable bonds is 5. The Kier molecular flexibility index (Phi) is 6.18. The largest absolute Gasteiger partial charge is 0.420 e. The molecule has 0 radical (unpaired) electrons. The number of aromatic nitrogens is 1. The molecule has 0 bridgehead atoms. The molecular weight excluding hydrogens is 418 g/mol. The van der Waals surface area contributed by atoms with Crippen LogP contribution < -0.4 is 4.90 Å². The van der Waals surface area contributed by atoms with E-state index in [9.17, 15) is 10.1 Å². The molecule has 0 aliphatic carbocycles. The van der Waals surface area contributed by atoms with Crippen LogP contribution in [0.5, 0.6) is 0 Å². The normalized spacial score (nSPS) is 19.0. The zero-order chi connectivity index (χ0) is 21.1. The summed E-state index contributed by atoms with van der Waals surface area (Å²) in [5, 5.41) is 9.51. The fraction of sp³-hybridized carbons (Fsp3) is 0.333. The molecule has 0 spiro atoms. The van der Waals surface area contributed by atoms with Crippen molar-refractivity contribution in [3.8, 4) is 6.07 Å². The van der Waals surface area contributed by atoms with Crippen molar-refractivity contribution >= 4 is 46.2 Å². The Balaban J connectivity index is 1.45. The molecule has 1 aromatic heterocycles. The fourth-order valence-corrected chi connectivity index (χ4v) is 4.86. The van der Waals surface area contributed by atoms with Gasteiger partial charge in [0.25, 0.3) is 5.91 Å². The van der Waals surface area contributed by atoms with Crippen LogP contribution in [0.2, 0.25) is 0 Å². The Morgan fingerprint density at radius 3 is 2.63 bits per heavy atom. The number of hydrogen-bond donors (Lipinski definition) is 0. The first-order chi connectivity index (χ1) is 14.6. The van der Waals surface area contributed by atoms with Crippen molar-refractivity contribution in [1.82, 2.24) is 14.8 Å². The summed E-state index contributed by atoms with van der Waals surface area (Å²) in [6, 6.07) is 12.5. The maximum Gasteiger partial charge on any atom is 0.266 e. The van der Waals surface area contributed by atoms with Gasteiger partial charge in [-0.1, -0.05) is 54.3 Å². The van der Waals surface area contributed by atoms with E-state index in [0.717, 1.165) is 32.7 Å². The lowest BCUT2D eigenvalue weighted by atomic mass is 10.2. The van der Waals surface area contributed by atoms with Crippen molar-refractivity contribution in [2.24, 2.45) is 0 Å². The van der Waals surface area contributed by atoms with Crippen molar-refractivity contribution in [3.05, 3.63) is 52.4 Å². The number of amides is 1. The quantitative estimate of drug-likeness (QED) is 0.520. The van der Waals surface area contributed by atoms with E-state index in [1.165, 1.54) is 22.2 Å². The zero-order valence-corrected chi connectivity index (χ0v) is 18.2. The lowest BCUT2D eigenvalue weighted by Gasteiger charge is -2.34. The number of carbonyl (C=O) groups excluding carboxylic acids is 1. The van der Waals surface area contributed by atoms with E-state index in [1.54, 1.807) is 6.08 Å². The van der Waals surface area contributed by atoms with Crippen molar-refractivity contribution in [2.45, 2.75) is 13.5 Å². The van der Waals surface area contributed by atoms with Crippen molar-refractivity contribution in [3.63, 3.8) is 0 Å². The first-order valence-electron chi connectivity index (χ1n) is 9.76. The minimum absolute atomic E-state index is 0.153. The van der Waals surface area contributed by atoms with E-state index in [0.29, 0.717) is 21.7 Å². The molecule has 2 aromatic rings. The number of benzene rings is 1. The van der Waals surface area contributed by atoms with Crippen LogP contribution >= 0.6 is 24.0 Å². The number of piperazine rings is 1. The summed E-state index contributed by atoms with van der Waals surface area (Å²) in [6.45, 7) is 6.52. The molecule has 7 nitrogen and oxygen atoms in total. The van der Waals surface area contributed by atoms with Gasteiger partial charge in [0.1, 0.15) is 10.4 Å². The Morgan fingerprint density at radius 2 is 2.00 bits per heavy atom. The highest BCUT2D eigenvalue weighted by atomic mass is 32.2. The smallest absolute Gasteiger partial charge is 0.266 e. The minimum Gasteiger partial charge on any atom is -0.420 e. The number of thiocarbonyl (C=S) groups is 1. The fourth-order valence-electron chi connectivity index (χ4n) is 3.51. The molecule has 2 fully saturated rings. The van der Waals surface area contributed by atoms with Crippen LogP contribution in [0.3, 0.4) is 0 Å². The monoisotopic (exact) mass is 439 g/mol. The van der Waals surface area contributed by atoms with E-state index in [2.05, 4.69) is 40.2 Å². The van der Waals surface area contributed by atoms with Crippen LogP contribution in [-0.4, -0.2) is 57.7 Å². The van der Waals surface area contributed by atoms with Crippen molar-refractivity contribution in [1.29, 1.82) is 5.26 Å². The summed E-state index contributed by atoms with van der Waals surface area (Å²) in [5.74, 6) is 0.569. The molecule has 9 heteroatoms. The van der Waals surface area contributed by atoms with Crippen LogP contribution in [-0.2, 0) is 11.3 Å². The van der Waals surface area contributed by atoms with Gasteiger partial charge in [0.2, 0.25) is 17.5 Å². The highest BCUT2D eigenvalue weighted by Gasteiger charge is 2.32. The molecule has 4 rings (SSSR count). The van der Waals surface area contributed by atoms with Gasteiger partial charge in [-0.15, -0.1) is 0 Å². The van der Waals surface area contributed by atoms with Gasteiger partial charge in [0.05, 0.1) is 4.91 Å². The number of nitriles is 1. The standard InChI is InChI=1S/C21H21N5O2S2/c1-2-26-19(27)17(30-21(26)29)12-18-23-16(13-22)20(28-18)25-10-8-24(9-11-25)14-15-6-4-3-5-7-15/h3-7,12H,2,8-11,14H2,1H3/b17-12+. The van der Waals surface area contributed by atoms with Gasteiger partial charge in [0, 0.05) is 45.3 Å². The molecule has 1 aromatic carbocycles. The molecule has 3 heterocycles. The molecule has 1 amide bonds. The first-order valence-corrected chi connectivity index (χ1v) is 11.0. The molecule has 0 unspecified atom stereocenters. The maximum atomic E-state index is 12.4. The van der Waals surface area contributed by atoms with Crippen molar-refractivity contribution in [2.75, 3.05) is 37.6 Å². The summed E-state index contributed by atoms with van der Waals surface area (Å²) < 4.78 is 6.41. The first kappa shape index (κ1) is 20.6. The Morgan fingerprint density at radius 1 is 1.27 bits per heavy atom. The van der Waals surface area contributed by atoms with Crippen LogP contribution in [0.1, 0.15) is 24.1 Å². The summed E-state index contributed by atoms with van der Waals surface area (Å²) in [6.07, 6.45) is 1.57. The van der Waals surface area contributed by atoms with Gasteiger partial charge < -0.3 is 9.32 Å². The van der Waals surface area contributed by atoms with Gasteiger partial charge in [0.15, 0.2) is 0 Å². The maximum absolute atomic E-state index is 12.4. The Hall–Kier alpha value is -2.67. The molecule has 0 saturated carbocycles. The van der Waals surface area contributed by atoms with E-state index in [4.69, 9.17) is 16.6 Å².